The van der Waals surface area contributed by atoms with E-state index in [0.29, 0.717) is 0 Å². The van der Waals surface area contributed by atoms with Crippen LogP contribution in [0.25, 0.3) is 0 Å². The molecule has 84 valence electrons. The lowest BCUT2D eigenvalue weighted by atomic mass is 10.1. The number of ether oxygens (including phenoxy) is 1. The molecule has 0 saturated heterocycles. The first-order chi connectivity index (χ1) is 6.97. The van der Waals surface area contributed by atoms with E-state index in [1.165, 1.54) is 10.9 Å². The highest BCUT2D eigenvalue weighted by molar-refractivity contribution is 5.75. The molecule has 4 N–H and O–H groups in total. The molecular weight excluding hydrogens is 202 g/mol. The van der Waals surface area contributed by atoms with Crippen LogP contribution in [0.5, 0.6) is 0 Å². The van der Waals surface area contributed by atoms with Crippen molar-refractivity contribution in [2.24, 2.45) is 7.05 Å². The number of aliphatic hydroxyl groups excluding tert-OH is 2. The van der Waals surface area contributed by atoms with Crippen LogP contribution in [0.3, 0.4) is 0 Å². The van der Waals surface area contributed by atoms with Gasteiger partial charge in [-0.05, 0) is 0 Å². The van der Waals surface area contributed by atoms with Crippen molar-refractivity contribution in [1.29, 1.82) is 0 Å². The molecule has 1 aromatic heterocycles. The van der Waals surface area contributed by atoms with Crippen LogP contribution in [0.4, 0.5) is 5.82 Å². The topological polar surface area (TPSA) is 111 Å². The highest BCUT2D eigenvalue weighted by atomic mass is 16.5. The summed E-state index contributed by atoms with van der Waals surface area (Å²) >= 11 is 0. The van der Waals surface area contributed by atoms with E-state index in [1.807, 2.05) is 0 Å². The van der Waals surface area contributed by atoms with Crippen molar-refractivity contribution in [1.82, 2.24) is 9.78 Å². The number of nitrogen functional groups attached to an aromatic ring is 1. The maximum atomic E-state index is 10.9. The van der Waals surface area contributed by atoms with Crippen molar-refractivity contribution in [2.75, 3.05) is 12.8 Å². The number of hydrogen-bond donors (Lipinski definition) is 3. The highest BCUT2D eigenvalue weighted by Gasteiger charge is 2.29. The summed E-state index contributed by atoms with van der Waals surface area (Å²) in [4.78, 5) is 10.9. The molecule has 0 amide bonds. The molecule has 7 nitrogen and oxygen atoms in total. The lowest BCUT2D eigenvalue weighted by molar-refractivity contribution is -0.156. The zero-order valence-corrected chi connectivity index (χ0v) is 8.41. The number of aliphatic hydroxyl groups is 2. The summed E-state index contributed by atoms with van der Waals surface area (Å²) in [5.41, 5.74) is 5.66. The van der Waals surface area contributed by atoms with Gasteiger partial charge in [0.2, 0.25) is 0 Å². The molecule has 0 fully saturated rings. The van der Waals surface area contributed by atoms with Crippen LogP contribution in [0.2, 0.25) is 0 Å². The van der Waals surface area contributed by atoms with Crippen LogP contribution in [0.15, 0.2) is 6.20 Å². The molecule has 7 heteroatoms. The van der Waals surface area contributed by atoms with Crippen molar-refractivity contribution in [2.45, 2.75) is 12.2 Å². The Kier molecular flexibility index (Phi) is 3.28. The van der Waals surface area contributed by atoms with Crippen molar-refractivity contribution < 1.29 is 19.7 Å². The fraction of sp³-hybridized carbons (Fsp3) is 0.500. The molecular formula is C8H13N3O4. The number of aryl methyl sites for hydroxylation is 1. The molecule has 2 atom stereocenters. The van der Waals surface area contributed by atoms with Gasteiger partial charge < -0.3 is 20.7 Å². The number of methoxy groups -OCH3 is 1. The molecule has 0 bridgehead atoms. The standard InChI is InChI=1S/C8H13N3O4/c1-11-3-4(7(9)10-11)5(12)6(13)8(14)15-2/h3,5-6,12-13H,1-2H3,(H2,9,10). The number of esters is 1. The van der Waals surface area contributed by atoms with Gasteiger partial charge in [-0.2, -0.15) is 5.10 Å². The summed E-state index contributed by atoms with van der Waals surface area (Å²) < 4.78 is 5.66. The van der Waals surface area contributed by atoms with E-state index in [0.717, 1.165) is 7.11 Å². The first-order valence-electron chi connectivity index (χ1n) is 4.20. The summed E-state index contributed by atoms with van der Waals surface area (Å²) in [6, 6.07) is 0. The number of rotatable bonds is 3. The lowest BCUT2D eigenvalue weighted by Crippen LogP contribution is -2.29. The Labute approximate surface area is 86.1 Å². The molecule has 0 aliphatic heterocycles. The van der Waals surface area contributed by atoms with E-state index >= 15 is 0 Å². The van der Waals surface area contributed by atoms with E-state index in [1.54, 1.807) is 7.05 Å². The van der Waals surface area contributed by atoms with E-state index in [4.69, 9.17) is 5.73 Å². The Morgan fingerprint density at radius 3 is 2.67 bits per heavy atom. The summed E-state index contributed by atoms with van der Waals surface area (Å²) in [7, 11) is 2.72. The van der Waals surface area contributed by atoms with Gasteiger partial charge in [-0.1, -0.05) is 0 Å². The second-order valence-electron chi connectivity index (χ2n) is 3.06. The Morgan fingerprint density at radius 2 is 2.27 bits per heavy atom. The number of anilines is 1. The van der Waals surface area contributed by atoms with Gasteiger partial charge >= 0.3 is 5.97 Å². The fourth-order valence-electron chi connectivity index (χ4n) is 1.17. The third-order valence-electron chi connectivity index (χ3n) is 1.95. The van der Waals surface area contributed by atoms with E-state index < -0.39 is 18.2 Å². The second-order valence-corrected chi connectivity index (χ2v) is 3.06. The molecule has 0 saturated carbocycles. The Balaban J connectivity index is 2.89. The van der Waals surface area contributed by atoms with Gasteiger partial charge in [0.05, 0.1) is 7.11 Å². The van der Waals surface area contributed by atoms with E-state index in [-0.39, 0.29) is 11.4 Å². The monoisotopic (exact) mass is 215 g/mol. The van der Waals surface area contributed by atoms with Crippen LogP contribution in [-0.4, -0.2) is 39.2 Å². The van der Waals surface area contributed by atoms with Crippen LogP contribution in [-0.2, 0) is 16.6 Å². The smallest absolute Gasteiger partial charge is 0.337 e. The number of nitrogens with two attached hydrogens (primary N) is 1. The first-order valence-corrected chi connectivity index (χ1v) is 4.20. The number of carbonyl (C=O) groups is 1. The predicted molar refractivity (Wildman–Crippen MR) is 50.6 cm³/mol. The minimum absolute atomic E-state index is 0.0629. The summed E-state index contributed by atoms with van der Waals surface area (Å²) in [5.74, 6) is -0.862. The number of aromatic nitrogens is 2. The maximum Gasteiger partial charge on any atom is 0.337 e. The molecule has 1 aromatic rings. The molecule has 2 unspecified atom stereocenters. The van der Waals surface area contributed by atoms with Gasteiger partial charge in [0, 0.05) is 18.8 Å². The van der Waals surface area contributed by atoms with Crippen LogP contribution >= 0.6 is 0 Å². The van der Waals surface area contributed by atoms with E-state index in [9.17, 15) is 15.0 Å². The van der Waals surface area contributed by atoms with Crippen molar-refractivity contribution in [3.63, 3.8) is 0 Å². The summed E-state index contributed by atoms with van der Waals surface area (Å²) in [5, 5.41) is 22.7. The number of hydrogen-bond acceptors (Lipinski definition) is 6. The zero-order chi connectivity index (χ0) is 11.6. The van der Waals surface area contributed by atoms with Gasteiger partial charge in [-0.3, -0.25) is 4.68 Å². The first kappa shape index (κ1) is 11.5. The highest BCUT2D eigenvalue weighted by Crippen LogP contribution is 2.22. The normalized spacial score (nSPS) is 14.7. The van der Waals surface area contributed by atoms with Crippen LogP contribution < -0.4 is 5.73 Å². The zero-order valence-electron chi connectivity index (χ0n) is 8.41. The summed E-state index contributed by atoms with van der Waals surface area (Å²) in [6.07, 6.45) is -1.68. The van der Waals surface area contributed by atoms with Crippen LogP contribution in [0, 0.1) is 0 Å². The molecule has 1 rings (SSSR count). The number of nitrogens with zero attached hydrogens (tertiary/aromatic N) is 2. The second kappa shape index (κ2) is 4.28. The Bertz CT molecular complexity index is 363. The quantitative estimate of drug-likeness (QED) is 0.533. The number of carbonyl (C=O) groups excluding carboxylic acids is 1. The fourth-order valence-corrected chi connectivity index (χ4v) is 1.17. The minimum atomic E-state index is -1.67. The Morgan fingerprint density at radius 1 is 1.67 bits per heavy atom. The van der Waals surface area contributed by atoms with Crippen molar-refractivity contribution >= 4 is 11.8 Å². The molecule has 15 heavy (non-hydrogen) atoms. The van der Waals surface area contributed by atoms with Gasteiger partial charge in [-0.25, -0.2) is 4.79 Å². The van der Waals surface area contributed by atoms with Crippen molar-refractivity contribution in [3.8, 4) is 0 Å². The van der Waals surface area contributed by atoms with Gasteiger partial charge in [0.25, 0.3) is 0 Å². The van der Waals surface area contributed by atoms with Crippen LogP contribution in [0.1, 0.15) is 11.7 Å². The third kappa shape index (κ3) is 2.25. The molecule has 1 heterocycles. The largest absolute Gasteiger partial charge is 0.467 e. The molecule has 0 aromatic carbocycles. The average molecular weight is 215 g/mol. The Hall–Kier alpha value is -1.60. The van der Waals surface area contributed by atoms with Crippen molar-refractivity contribution in [3.05, 3.63) is 11.8 Å². The molecule has 0 spiro atoms. The SMILES string of the molecule is COC(=O)C(O)C(O)c1cn(C)nc1N. The van der Waals surface area contributed by atoms with Gasteiger partial charge in [-0.15, -0.1) is 0 Å². The molecule has 0 radical (unpaired) electrons. The van der Waals surface area contributed by atoms with Gasteiger partial charge in [0.15, 0.2) is 11.9 Å². The lowest BCUT2D eigenvalue weighted by Gasteiger charge is -2.14. The maximum absolute atomic E-state index is 10.9. The molecule has 0 aliphatic carbocycles. The molecule has 0 aliphatic rings. The average Bonchev–Trinajstić information content (AvgIpc) is 2.54. The van der Waals surface area contributed by atoms with E-state index in [2.05, 4.69) is 9.84 Å². The predicted octanol–water partition coefficient (Wildman–Crippen LogP) is -1.43. The third-order valence-corrected chi connectivity index (χ3v) is 1.95. The van der Waals surface area contributed by atoms with Gasteiger partial charge in [0.1, 0.15) is 6.10 Å². The summed E-state index contributed by atoms with van der Waals surface area (Å²) in [6.45, 7) is 0. The minimum Gasteiger partial charge on any atom is -0.467 e.